The van der Waals surface area contributed by atoms with E-state index >= 15 is 0 Å². The van der Waals surface area contributed by atoms with Crippen molar-refractivity contribution >= 4 is 32.6 Å². The maximum atomic E-state index is 12.8. The molecule has 4 rings (SSSR count). The molecular weight excluding hydrogens is 362 g/mol. The smallest absolute Gasteiger partial charge is 0.257 e. The van der Waals surface area contributed by atoms with Gasteiger partial charge in [0.25, 0.3) is 5.91 Å². The standard InChI is InChI=1S/C20H21N3O3S/c1-25-15-7-4-3-6-14(15)19(24)22-10-12-23(13-11-22)20-21-18-16(26-2)8-5-9-17(18)27-20/h3-9H,10-13H2,1-2H3. The van der Waals surface area contributed by atoms with Gasteiger partial charge in [-0.3, -0.25) is 4.79 Å². The zero-order valence-corrected chi connectivity index (χ0v) is 16.2. The second-order valence-corrected chi connectivity index (χ2v) is 7.29. The van der Waals surface area contributed by atoms with E-state index in [2.05, 4.69) is 11.0 Å². The number of carbonyl (C=O) groups excluding carboxylic acids is 1. The van der Waals surface area contributed by atoms with Gasteiger partial charge in [0, 0.05) is 26.2 Å². The average Bonchev–Trinajstić information content (AvgIpc) is 3.17. The topological polar surface area (TPSA) is 54.9 Å². The normalized spacial score (nSPS) is 14.4. The van der Waals surface area contributed by atoms with E-state index < -0.39 is 0 Å². The molecule has 0 atom stereocenters. The molecule has 2 aromatic carbocycles. The number of nitrogens with zero attached hydrogens (tertiary/aromatic N) is 3. The number of aromatic nitrogens is 1. The molecule has 7 heteroatoms. The Bertz CT molecular complexity index is 964. The summed E-state index contributed by atoms with van der Waals surface area (Å²) in [5.41, 5.74) is 1.51. The SMILES string of the molecule is COc1ccccc1C(=O)N1CCN(c2nc3c(OC)cccc3s2)CC1. The molecule has 0 saturated carbocycles. The Morgan fingerprint density at radius 1 is 0.963 bits per heavy atom. The van der Waals surface area contributed by atoms with Crippen LogP contribution in [-0.4, -0.2) is 56.2 Å². The Balaban J connectivity index is 1.48. The number of piperazine rings is 1. The first-order valence-corrected chi connectivity index (χ1v) is 9.63. The minimum absolute atomic E-state index is 0.0121. The van der Waals surface area contributed by atoms with Crippen LogP contribution < -0.4 is 14.4 Å². The molecule has 1 aliphatic heterocycles. The van der Waals surface area contributed by atoms with Gasteiger partial charge in [0.15, 0.2) is 5.13 Å². The molecule has 140 valence electrons. The van der Waals surface area contributed by atoms with Crippen molar-refractivity contribution in [1.29, 1.82) is 0 Å². The Kier molecular flexibility index (Phi) is 4.85. The first-order valence-electron chi connectivity index (χ1n) is 8.82. The van der Waals surface area contributed by atoms with E-state index in [4.69, 9.17) is 14.5 Å². The number of ether oxygens (including phenoxy) is 2. The fourth-order valence-electron chi connectivity index (χ4n) is 3.30. The summed E-state index contributed by atoms with van der Waals surface area (Å²) < 4.78 is 11.8. The number of para-hydroxylation sites is 2. The average molecular weight is 383 g/mol. The first-order chi connectivity index (χ1) is 13.2. The van der Waals surface area contributed by atoms with Crippen LogP contribution in [0.3, 0.4) is 0 Å². The van der Waals surface area contributed by atoms with Crippen LogP contribution in [0.2, 0.25) is 0 Å². The number of amides is 1. The number of methoxy groups -OCH3 is 2. The predicted molar refractivity (Wildman–Crippen MR) is 107 cm³/mol. The lowest BCUT2D eigenvalue weighted by molar-refractivity contribution is 0.0743. The molecule has 0 bridgehead atoms. The molecule has 1 aromatic heterocycles. The van der Waals surface area contributed by atoms with Gasteiger partial charge < -0.3 is 19.3 Å². The molecule has 27 heavy (non-hydrogen) atoms. The third-order valence-corrected chi connectivity index (χ3v) is 5.85. The van der Waals surface area contributed by atoms with Gasteiger partial charge in [0.05, 0.1) is 24.5 Å². The highest BCUT2D eigenvalue weighted by molar-refractivity contribution is 7.22. The van der Waals surface area contributed by atoms with Gasteiger partial charge in [0.2, 0.25) is 0 Å². The summed E-state index contributed by atoms with van der Waals surface area (Å²) in [4.78, 5) is 21.7. The first kappa shape index (κ1) is 17.6. The maximum Gasteiger partial charge on any atom is 0.257 e. The summed E-state index contributed by atoms with van der Waals surface area (Å²) in [6.45, 7) is 2.82. The van der Waals surface area contributed by atoms with Crippen molar-refractivity contribution in [2.75, 3.05) is 45.3 Å². The van der Waals surface area contributed by atoms with Crippen molar-refractivity contribution in [2.24, 2.45) is 0 Å². The summed E-state index contributed by atoms with van der Waals surface area (Å²) in [6, 6.07) is 13.3. The molecule has 0 N–H and O–H groups in total. The highest BCUT2D eigenvalue weighted by atomic mass is 32.1. The van der Waals surface area contributed by atoms with E-state index in [0.29, 0.717) is 24.4 Å². The van der Waals surface area contributed by atoms with Crippen LogP contribution in [0.4, 0.5) is 5.13 Å². The largest absolute Gasteiger partial charge is 0.496 e. The predicted octanol–water partition coefficient (Wildman–Crippen LogP) is 3.28. The van der Waals surface area contributed by atoms with Gasteiger partial charge in [-0.25, -0.2) is 4.98 Å². The monoisotopic (exact) mass is 383 g/mol. The van der Waals surface area contributed by atoms with Crippen LogP contribution >= 0.6 is 11.3 Å². The van der Waals surface area contributed by atoms with Crippen LogP contribution in [0, 0.1) is 0 Å². The molecule has 0 unspecified atom stereocenters. The molecule has 6 nitrogen and oxygen atoms in total. The molecule has 0 spiro atoms. The van der Waals surface area contributed by atoms with Crippen molar-refractivity contribution in [3.63, 3.8) is 0 Å². The van der Waals surface area contributed by atoms with Gasteiger partial charge in [0.1, 0.15) is 17.0 Å². The van der Waals surface area contributed by atoms with Gasteiger partial charge in [-0.05, 0) is 24.3 Å². The van der Waals surface area contributed by atoms with Gasteiger partial charge >= 0.3 is 0 Å². The molecule has 1 saturated heterocycles. The molecular formula is C20H21N3O3S. The number of hydrogen-bond donors (Lipinski definition) is 0. The quantitative estimate of drug-likeness (QED) is 0.692. The molecule has 0 aliphatic carbocycles. The highest BCUT2D eigenvalue weighted by Gasteiger charge is 2.25. The Hall–Kier alpha value is -2.80. The van der Waals surface area contributed by atoms with Gasteiger partial charge in [-0.1, -0.05) is 29.5 Å². The number of thiazole rings is 1. The number of carbonyl (C=O) groups is 1. The van der Waals surface area contributed by atoms with Crippen LogP contribution in [0.5, 0.6) is 11.5 Å². The van der Waals surface area contributed by atoms with E-state index in [1.807, 2.05) is 41.3 Å². The summed E-state index contributed by atoms with van der Waals surface area (Å²) in [6.07, 6.45) is 0. The lowest BCUT2D eigenvalue weighted by Gasteiger charge is -2.34. The van der Waals surface area contributed by atoms with Crippen molar-refractivity contribution in [3.05, 3.63) is 48.0 Å². The van der Waals surface area contributed by atoms with Crippen molar-refractivity contribution in [2.45, 2.75) is 0 Å². The summed E-state index contributed by atoms with van der Waals surface area (Å²) >= 11 is 1.66. The zero-order valence-electron chi connectivity index (χ0n) is 15.3. The third-order valence-electron chi connectivity index (χ3n) is 4.77. The zero-order chi connectivity index (χ0) is 18.8. The van der Waals surface area contributed by atoms with Gasteiger partial charge in [-0.2, -0.15) is 0 Å². The summed E-state index contributed by atoms with van der Waals surface area (Å²) in [5.74, 6) is 1.42. The lowest BCUT2D eigenvalue weighted by atomic mass is 10.1. The van der Waals surface area contributed by atoms with Gasteiger partial charge in [-0.15, -0.1) is 0 Å². The van der Waals surface area contributed by atoms with Crippen LogP contribution in [-0.2, 0) is 0 Å². The minimum atomic E-state index is 0.0121. The molecule has 1 amide bonds. The number of benzene rings is 2. The number of anilines is 1. The van der Waals surface area contributed by atoms with Crippen LogP contribution in [0.25, 0.3) is 10.2 Å². The number of fused-ring (bicyclic) bond motifs is 1. The molecule has 1 aliphatic rings. The number of rotatable bonds is 4. The second kappa shape index (κ2) is 7.44. The van der Waals surface area contributed by atoms with E-state index in [1.54, 1.807) is 25.6 Å². The minimum Gasteiger partial charge on any atom is -0.496 e. The maximum absolute atomic E-state index is 12.8. The van der Waals surface area contributed by atoms with Crippen LogP contribution in [0.1, 0.15) is 10.4 Å². The second-order valence-electron chi connectivity index (χ2n) is 6.28. The molecule has 1 fully saturated rings. The van der Waals surface area contributed by atoms with E-state index in [1.165, 1.54) is 0 Å². The molecule has 2 heterocycles. The lowest BCUT2D eigenvalue weighted by Crippen LogP contribution is -2.48. The van der Waals surface area contributed by atoms with E-state index in [-0.39, 0.29) is 5.91 Å². The molecule has 0 radical (unpaired) electrons. The summed E-state index contributed by atoms with van der Waals surface area (Å²) in [5, 5.41) is 0.971. The number of hydrogen-bond acceptors (Lipinski definition) is 6. The van der Waals surface area contributed by atoms with Crippen molar-refractivity contribution in [3.8, 4) is 11.5 Å². The Morgan fingerprint density at radius 3 is 2.41 bits per heavy atom. The van der Waals surface area contributed by atoms with Crippen molar-refractivity contribution in [1.82, 2.24) is 9.88 Å². The Labute approximate surface area is 161 Å². The van der Waals surface area contributed by atoms with E-state index in [0.717, 1.165) is 34.2 Å². The Morgan fingerprint density at radius 2 is 1.67 bits per heavy atom. The summed E-state index contributed by atoms with van der Waals surface area (Å²) in [7, 11) is 3.25. The third kappa shape index (κ3) is 3.30. The fraction of sp³-hybridized carbons (Fsp3) is 0.300. The van der Waals surface area contributed by atoms with Crippen LogP contribution in [0.15, 0.2) is 42.5 Å². The molecule has 3 aromatic rings. The highest BCUT2D eigenvalue weighted by Crippen LogP contribution is 2.34. The van der Waals surface area contributed by atoms with E-state index in [9.17, 15) is 4.79 Å². The fourth-order valence-corrected chi connectivity index (χ4v) is 4.34. The van der Waals surface area contributed by atoms with Crippen molar-refractivity contribution < 1.29 is 14.3 Å².